The average Bonchev–Trinajstić information content (AvgIpc) is 2.46. The first-order chi connectivity index (χ1) is 9.17. The number of carboxylic acid groups (broad SMARTS) is 1. The van der Waals surface area contributed by atoms with Crippen LogP contribution in [-0.4, -0.2) is 25.3 Å². The Hall–Kier alpha value is -2.49. The van der Waals surface area contributed by atoms with Gasteiger partial charge < -0.3 is 14.6 Å². The molecule has 0 bridgehead atoms. The van der Waals surface area contributed by atoms with Crippen molar-refractivity contribution in [2.45, 2.75) is 0 Å². The van der Waals surface area contributed by atoms with Crippen molar-refractivity contribution in [1.29, 1.82) is 0 Å². The second-order valence-corrected chi connectivity index (χ2v) is 3.92. The fraction of sp³-hybridized carbons (Fsp3) is 0.133. The maximum Gasteiger partial charge on any atom is 0.335 e. The van der Waals surface area contributed by atoms with Gasteiger partial charge in [0.1, 0.15) is 11.5 Å². The highest BCUT2D eigenvalue weighted by atomic mass is 16.5. The molecule has 0 unspecified atom stereocenters. The molecule has 0 radical (unpaired) electrons. The average molecular weight is 258 g/mol. The molecule has 4 nitrogen and oxygen atoms in total. The van der Waals surface area contributed by atoms with E-state index in [4.69, 9.17) is 14.6 Å². The minimum atomic E-state index is -0.946. The molecule has 1 N–H and O–H groups in total. The van der Waals surface area contributed by atoms with Gasteiger partial charge in [0, 0.05) is 0 Å². The number of ether oxygens (including phenoxy) is 2. The van der Waals surface area contributed by atoms with Crippen molar-refractivity contribution in [3.05, 3.63) is 48.0 Å². The molecule has 2 aromatic carbocycles. The number of hydrogen-bond acceptors (Lipinski definition) is 3. The number of benzene rings is 2. The predicted molar refractivity (Wildman–Crippen MR) is 71.9 cm³/mol. The van der Waals surface area contributed by atoms with Gasteiger partial charge in [0.25, 0.3) is 0 Å². The van der Waals surface area contributed by atoms with Gasteiger partial charge in [0.2, 0.25) is 0 Å². The molecule has 98 valence electrons. The molecule has 0 atom stereocenters. The largest absolute Gasteiger partial charge is 0.496 e. The van der Waals surface area contributed by atoms with Gasteiger partial charge in [0.15, 0.2) is 0 Å². The van der Waals surface area contributed by atoms with Crippen molar-refractivity contribution in [3.63, 3.8) is 0 Å². The van der Waals surface area contributed by atoms with Crippen LogP contribution in [0.3, 0.4) is 0 Å². The van der Waals surface area contributed by atoms with Crippen LogP contribution in [0.1, 0.15) is 10.4 Å². The van der Waals surface area contributed by atoms with Gasteiger partial charge >= 0.3 is 5.97 Å². The van der Waals surface area contributed by atoms with Crippen LogP contribution in [0.4, 0.5) is 0 Å². The highest BCUT2D eigenvalue weighted by molar-refractivity contribution is 5.89. The van der Waals surface area contributed by atoms with Crippen LogP contribution in [0.5, 0.6) is 11.5 Å². The van der Waals surface area contributed by atoms with Gasteiger partial charge in [-0.25, -0.2) is 4.79 Å². The number of methoxy groups -OCH3 is 2. The van der Waals surface area contributed by atoms with E-state index in [-0.39, 0.29) is 5.56 Å². The number of carbonyl (C=O) groups is 1. The third kappa shape index (κ3) is 2.52. The Balaban J connectivity index is 2.54. The second kappa shape index (κ2) is 5.44. The van der Waals surface area contributed by atoms with Crippen molar-refractivity contribution in [2.75, 3.05) is 14.2 Å². The van der Waals surface area contributed by atoms with Crippen molar-refractivity contribution in [2.24, 2.45) is 0 Å². The summed E-state index contributed by atoms with van der Waals surface area (Å²) in [7, 11) is 3.17. The summed E-state index contributed by atoms with van der Waals surface area (Å²) in [6.07, 6.45) is 0. The Bertz CT molecular complexity index is 565. The SMILES string of the molecule is COc1cccc(OC)c1-c1ccc(C(=O)O)cc1. The zero-order valence-corrected chi connectivity index (χ0v) is 10.7. The van der Waals surface area contributed by atoms with Gasteiger partial charge in [-0.3, -0.25) is 0 Å². The van der Waals surface area contributed by atoms with Crippen molar-refractivity contribution in [3.8, 4) is 22.6 Å². The van der Waals surface area contributed by atoms with E-state index in [1.54, 1.807) is 38.5 Å². The van der Waals surface area contributed by atoms with E-state index in [1.807, 2.05) is 18.2 Å². The van der Waals surface area contributed by atoms with Crippen LogP contribution in [0, 0.1) is 0 Å². The minimum absolute atomic E-state index is 0.248. The van der Waals surface area contributed by atoms with Gasteiger partial charge in [-0.2, -0.15) is 0 Å². The highest BCUT2D eigenvalue weighted by Crippen LogP contribution is 2.38. The van der Waals surface area contributed by atoms with Gasteiger partial charge in [-0.05, 0) is 29.8 Å². The molecule has 0 fully saturated rings. The zero-order chi connectivity index (χ0) is 13.8. The van der Waals surface area contributed by atoms with E-state index in [0.717, 1.165) is 11.1 Å². The number of hydrogen-bond donors (Lipinski definition) is 1. The first-order valence-electron chi connectivity index (χ1n) is 5.72. The lowest BCUT2D eigenvalue weighted by Gasteiger charge is -2.13. The van der Waals surface area contributed by atoms with Gasteiger partial charge in [-0.15, -0.1) is 0 Å². The Morgan fingerprint density at radius 2 is 1.47 bits per heavy atom. The Morgan fingerprint density at radius 1 is 0.947 bits per heavy atom. The van der Waals surface area contributed by atoms with Crippen LogP contribution in [0.2, 0.25) is 0 Å². The summed E-state index contributed by atoms with van der Waals surface area (Å²) in [5.41, 5.74) is 1.90. The van der Waals surface area contributed by atoms with Crippen molar-refractivity contribution < 1.29 is 19.4 Å². The molecule has 2 rings (SSSR count). The molecular weight excluding hydrogens is 244 g/mol. The number of aromatic carboxylic acids is 1. The molecule has 0 saturated heterocycles. The Kier molecular flexibility index (Phi) is 3.71. The molecule has 0 spiro atoms. The molecular formula is C15H14O4. The summed E-state index contributed by atoms with van der Waals surface area (Å²) in [5.74, 6) is 0.420. The van der Waals surface area contributed by atoms with Crippen LogP contribution < -0.4 is 9.47 Å². The minimum Gasteiger partial charge on any atom is -0.496 e. The number of carboxylic acids is 1. The monoisotopic (exact) mass is 258 g/mol. The first-order valence-corrected chi connectivity index (χ1v) is 5.72. The molecule has 4 heteroatoms. The topological polar surface area (TPSA) is 55.8 Å². The summed E-state index contributed by atoms with van der Waals surface area (Å²) in [6, 6.07) is 12.1. The van der Waals surface area contributed by atoms with E-state index in [9.17, 15) is 4.79 Å². The fourth-order valence-corrected chi connectivity index (χ4v) is 1.92. The third-order valence-electron chi connectivity index (χ3n) is 2.85. The Morgan fingerprint density at radius 3 is 1.89 bits per heavy atom. The normalized spacial score (nSPS) is 10.0. The third-order valence-corrected chi connectivity index (χ3v) is 2.85. The van der Waals surface area contributed by atoms with Crippen LogP contribution in [-0.2, 0) is 0 Å². The van der Waals surface area contributed by atoms with E-state index in [0.29, 0.717) is 11.5 Å². The van der Waals surface area contributed by atoms with E-state index in [2.05, 4.69) is 0 Å². The van der Waals surface area contributed by atoms with Crippen LogP contribution in [0.15, 0.2) is 42.5 Å². The molecule has 0 aromatic heterocycles. The quantitative estimate of drug-likeness (QED) is 0.915. The standard InChI is InChI=1S/C15H14O4/c1-18-12-4-3-5-13(19-2)14(12)10-6-8-11(9-7-10)15(16)17/h3-9H,1-2H3,(H,16,17). The molecule has 2 aromatic rings. The maximum atomic E-state index is 10.8. The first kappa shape index (κ1) is 13.0. The van der Waals surface area contributed by atoms with Crippen molar-refractivity contribution in [1.82, 2.24) is 0 Å². The van der Waals surface area contributed by atoms with E-state index < -0.39 is 5.97 Å². The lowest BCUT2D eigenvalue weighted by Crippen LogP contribution is -1.96. The molecule has 0 aliphatic heterocycles. The predicted octanol–water partition coefficient (Wildman–Crippen LogP) is 3.07. The molecule has 0 saturated carbocycles. The molecule has 19 heavy (non-hydrogen) atoms. The smallest absolute Gasteiger partial charge is 0.335 e. The Labute approximate surface area is 111 Å². The van der Waals surface area contributed by atoms with Crippen LogP contribution in [0.25, 0.3) is 11.1 Å². The van der Waals surface area contributed by atoms with Gasteiger partial charge in [0.05, 0.1) is 25.3 Å². The maximum absolute atomic E-state index is 10.8. The molecule has 0 aliphatic rings. The number of rotatable bonds is 4. The summed E-state index contributed by atoms with van der Waals surface area (Å²) >= 11 is 0. The lowest BCUT2D eigenvalue weighted by atomic mass is 10.0. The summed E-state index contributed by atoms with van der Waals surface area (Å²) in [6.45, 7) is 0. The fourth-order valence-electron chi connectivity index (χ4n) is 1.92. The highest BCUT2D eigenvalue weighted by Gasteiger charge is 2.12. The summed E-state index contributed by atoms with van der Waals surface area (Å²) < 4.78 is 10.6. The van der Waals surface area contributed by atoms with Crippen molar-refractivity contribution >= 4 is 5.97 Å². The van der Waals surface area contributed by atoms with E-state index in [1.165, 1.54) is 0 Å². The summed E-state index contributed by atoms with van der Waals surface area (Å²) in [4.78, 5) is 10.8. The summed E-state index contributed by atoms with van der Waals surface area (Å²) in [5, 5.41) is 8.90. The molecule has 0 amide bonds. The lowest BCUT2D eigenvalue weighted by molar-refractivity contribution is 0.0697. The van der Waals surface area contributed by atoms with Gasteiger partial charge in [-0.1, -0.05) is 18.2 Å². The van der Waals surface area contributed by atoms with E-state index >= 15 is 0 Å². The zero-order valence-electron chi connectivity index (χ0n) is 10.7. The molecule has 0 heterocycles. The second-order valence-electron chi connectivity index (χ2n) is 3.92. The van der Waals surface area contributed by atoms with Crippen LogP contribution >= 0.6 is 0 Å². The molecule has 0 aliphatic carbocycles.